The van der Waals surface area contributed by atoms with Crippen molar-refractivity contribution in [1.29, 1.82) is 0 Å². The Morgan fingerprint density at radius 1 is 0.913 bits per heavy atom. The molecule has 4 rings (SSSR count). The van der Waals surface area contributed by atoms with Gasteiger partial charge in [0.2, 0.25) is 0 Å². The van der Waals surface area contributed by atoms with Crippen LogP contribution in [0.5, 0.6) is 17.6 Å². The minimum atomic E-state index is 0.138. The Kier molecular flexibility index (Phi) is 3.56. The summed E-state index contributed by atoms with van der Waals surface area (Å²) in [6, 6.07) is 15.2. The van der Waals surface area contributed by atoms with Gasteiger partial charge in [0.25, 0.3) is 5.89 Å². The van der Waals surface area contributed by atoms with Crippen molar-refractivity contribution in [3.8, 4) is 29.0 Å². The van der Waals surface area contributed by atoms with Gasteiger partial charge in [0.05, 0.1) is 0 Å². The number of aromatic nitrogens is 2. The van der Waals surface area contributed by atoms with Gasteiger partial charge in [-0.15, -0.1) is 5.10 Å². The molecule has 0 radical (unpaired) electrons. The van der Waals surface area contributed by atoms with Crippen molar-refractivity contribution in [2.75, 3.05) is 13.2 Å². The molecule has 1 aliphatic rings. The maximum absolute atomic E-state index is 5.55. The van der Waals surface area contributed by atoms with E-state index in [9.17, 15) is 0 Å². The Morgan fingerprint density at radius 3 is 2.61 bits per heavy atom. The van der Waals surface area contributed by atoms with Gasteiger partial charge < -0.3 is 18.6 Å². The van der Waals surface area contributed by atoms with Gasteiger partial charge in [-0.1, -0.05) is 29.4 Å². The highest BCUT2D eigenvalue weighted by atomic mass is 16.6. The first-order valence-electron chi connectivity index (χ1n) is 7.29. The first kappa shape index (κ1) is 13.6. The van der Waals surface area contributed by atoms with Crippen molar-refractivity contribution < 1.29 is 18.6 Å². The van der Waals surface area contributed by atoms with Crippen LogP contribution in [0.1, 0.15) is 5.56 Å². The monoisotopic (exact) mass is 310 g/mol. The number of ether oxygens (including phenoxy) is 3. The molecule has 6 nitrogen and oxygen atoms in total. The quantitative estimate of drug-likeness (QED) is 0.737. The zero-order valence-corrected chi connectivity index (χ0v) is 12.3. The van der Waals surface area contributed by atoms with E-state index < -0.39 is 0 Å². The van der Waals surface area contributed by atoms with Crippen LogP contribution in [0.2, 0.25) is 0 Å². The molecule has 0 saturated carbocycles. The lowest BCUT2D eigenvalue weighted by atomic mass is 10.2. The van der Waals surface area contributed by atoms with Crippen molar-refractivity contribution >= 4 is 0 Å². The molecule has 1 aliphatic heterocycles. The highest BCUT2D eigenvalue weighted by Crippen LogP contribution is 2.31. The first-order valence-corrected chi connectivity index (χ1v) is 7.29. The summed E-state index contributed by atoms with van der Waals surface area (Å²) < 4.78 is 22.1. The summed E-state index contributed by atoms with van der Waals surface area (Å²) in [5.41, 5.74) is 1.79. The summed E-state index contributed by atoms with van der Waals surface area (Å²) in [5.74, 6) is 1.92. The molecule has 1 aromatic heterocycles. The molecule has 0 aliphatic carbocycles. The molecular weight excluding hydrogens is 296 g/mol. The molecule has 0 amide bonds. The first-order chi connectivity index (χ1) is 11.4. The molecule has 0 fully saturated rings. The SMILES string of the molecule is c1ccc(-c2nnc(OCc3ccc4c(c3)OCCO4)o2)cc1. The summed E-state index contributed by atoms with van der Waals surface area (Å²) in [5, 5.41) is 7.88. The van der Waals surface area contributed by atoms with Gasteiger partial charge in [0.15, 0.2) is 11.5 Å². The highest BCUT2D eigenvalue weighted by Gasteiger charge is 2.13. The van der Waals surface area contributed by atoms with Gasteiger partial charge in [-0.2, -0.15) is 0 Å². The average Bonchev–Trinajstić information content (AvgIpc) is 3.10. The largest absolute Gasteiger partial charge is 0.486 e. The standard InChI is InChI=1S/C17H14N2O4/c1-2-4-13(5-3-1)16-18-19-17(23-16)22-11-12-6-7-14-15(10-12)21-9-8-20-14/h1-7,10H,8-9,11H2. The maximum atomic E-state index is 5.55. The van der Waals surface area contributed by atoms with E-state index in [-0.39, 0.29) is 6.08 Å². The van der Waals surface area contributed by atoms with Gasteiger partial charge >= 0.3 is 6.08 Å². The highest BCUT2D eigenvalue weighted by molar-refractivity contribution is 5.51. The van der Waals surface area contributed by atoms with Crippen LogP contribution in [0.15, 0.2) is 52.9 Å². The summed E-state index contributed by atoms with van der Waals surface area (Å²) in [4.78, 5) is 0. The predicted molar refractivity (Wildman–Crippen MR) is 81.5 cm³/mol. The second-order valence-electron chi connectivity index (χ2n) is 5.01. The van der Waals surface area contributed by atoms with E-state index in [1.807, 2.05) is 48.5 Å². The number of fused-ring (bicyclic) bond motifs is 1. The molecule has 2 heterocycles. The van der Waals surface area contributed by atoms with Gasteiger partial charge in [-0.3, -0.25) is 0 Å². The van der Waals surface area contributed by atoms with E-state index in [4.69, 9.17) is 18.6 Å². The maximum Gasteiger partial charge on any atom is 0.415 e. The number of hydrogen-bond donors (Lipinski definition) is 0. The van der Waals surface area contributed by atoms with E-state index in [0.29, 0.717) is 25.7 Å². The summed E-state index contributed by atoms with van der Waals surface area (Å²) in [6.07, 6.45) is 0.138. The molecule has 0 atom stereocenters. The molecule has 0 N–H and O–H groups in total. The third-order valence-corrected chi connectivity index (χ3v) is 3.40. The van der Waals surface area contributed by atoms with Gasteiger partial charge in [-0.05, 0) is 29.8 Å². The number of benzene rings is 2. The molecule has 0 spiro atoms. The van der Waals surface area contributed by atoms with Crippen LogP contribution in [0.25, 0.3) is 11.5 Å². The molecule has 3 aromatic rings. The minimum Gasteiger partial charge on any atom is -0.486 e. The third kappa shape index (κ3) is 2.96. The lowest BCUT2D eigenvalue weighted by molar-refractivity contribution is 0.170. The second-order valence-corrected chi connectivity index (χ2v) is 5.01. The number of nitrogens with zero attached hydrogens (tertiary/aromatic N) is 2. The predicted octanol–water partition coefficient (Wildman–Crippen LogP) is 3.09. The Balaban J connectivity index is 1.44. The van der Waals surface area contributed by atoms with Crippen molar-refractivity contribution in [1.82, 2.24) is 10.2 Å². The van der Waals surface area contributed by atoms with Crippen molar-refractivity contribution in [2.45, 2.75) is 6.61 Å². The number of rotatable bonds is 4. The van der Waals surface area contributed by atoms with Crippen molar-refractivity contribution in [2.24, 2.45) is 0 Å². The summed E-state index contributed by atoms with van der Waals surface area (Å²) in [7, 11) is 0. The van der Waals surface area contributed by atoms with Crippen LogP contribution in [-0.4, -0.2) is 23.4 Å². The van der Waals surface area contributed by atoms with Crippen LogP contribution in [0.3, 0.4) is 0 Å². The topological polar surface area (TPSA) is 66.6 Å². The van der Waals surface area contributed by atoms with Gasteiger partial charge in [-0.25, -0.2) is 0 Å². The smallest absolute Gasteiger partial charge is 0.415 e. The van der Waals surface area contributed by atoms with Crippen LogP contribution < -0.4 is 14.2 Å². The van der Waals surface area contributed by atoms with Crippen LogP contribution in [0, 0.1) is 0 Å². The third-order valence-electron chi connectivity index (χ3n) is 3.40. The molecule has 6 heteroatoms. The van der Waals surface area contributed by atoms with Crippen LogP contribution in [-0.2, 0) is 6.61 Å². The summed E-state index contributed by atoms with van der Waals surface area (Å²) >= 11 is 0. The fourth-order valence-corrected chi connectivity index (χ4v) is 2.29. The van der Waals surface area contributed by atoms with Gasteiger partial charge in [0, 0.05) is 5.56 Å². The molecule has 0 unspecified atom stereocenters. The average molecular weight is 310 g/mol. The van der Waals surface area contributed by atoms with E-state index in [0.717, 1.165) is 22.6 Å². The summed E-state index contributed by atoms with van der Waals surface area (Å²) in [6.45, 7) is 1.45. The molecule has 2 aromatic carbocycles. The molecule has 0 saturated heterocycles. The van der Waals surface area contributed by atoms with E-state index in [1.54, 1.807) is 0 Å². The molecule has 0 bridgehead atoms. The van der Waals surface area contributed by atoms with Crippen LogP contribution in [0.4, 0.5) is 0 Å². The Labute approximate surface area is 132 Å². The van der Waals surface area contributed by atoms with E-state index in [1.165, 1.54) is 0 Å². The lowest BCUT2D eigenvalue weighted by Gasteiger charge is -2.18. The Hall–Kier alpha value is -3.02. The lowest BCUT2D eigenvalue weighted by Crippen LogP contribution is -2.15. The fourth-order valence-electron chi connectivity index (χ4n) is 2.29. The fraction of sp³-hybridized carbons (Fsp3) is 0.176. The normalized spacial score (nSPS) is 12.9. The Morgan fingerprint density at radius 2 is 1.74 bits per heavy atom. The Bertz CT molecular complexity index is 801. The van der Waals surface area contributed by atoms with E-state index >= 15 is 0 Å². The number of hydrogen-bond acceptors (Lipinski definition) is 6. The van der Waals surface area contributed by atoms with Crippen LogP contribution >= 0.6 is 0 Å². The van der Waals surface area contributed by atoms with E-state index in [2.05, 4.69) is 10.2 Å². The van der Waals surface area contributed by atoms with Gasteiger partial charge in [0.1, 0.15) is 19.8 Å². The zero-order chi connectivity index (χ0) is 15.5. The molecule has 23 heavy (non-hydrogen) atoms. The van der Waals surface area contributed by atoms with Crippen molar-refractivity contribution in [3.63, 3.8) is 0 Å². The zero-order valence-electron chi connectivity index (χ0n) is 12.3. The van der Waals surface area contributed by atoms with Crippen molar-refractivity contribution in [3.05, 3.63) is 54.1 Å². The minimum absolute atomic E-state index is 0.138. The molecule has 116 valence electrons. The second kappa shape index (κ2) is 6.00. The molecular formula is C17H14N2O4.